The van der Waals surface area contributed by atoms with Gasteiger partial charge < -0.3 is 14.6 Å². The van der Waals surface area contributed by atoms with Gasteiger partial charge in [-0.05, 0) is 37.4 Å². The number of carbonyl (C=O) groups excluding carboxylic acids is 1. The van der Waals surface area contributed by atoms with E-state index in [1.807, 2.05) is 25.2 Å². The molecule has 0 unspecified atom stereocenters. The topological polar surface area (TPSA) is 95.8 Å². The second kappa shape index (κ2) is 10.0. The number of carbonyl (C=O) groups is 1. The van der Waals surface area contributed by atoms with Crippen molar-refractivity contribution in [2.45, 2.75) is 17.7 Å². The minimum atomic E-state index is -3.61. The molecule has 10 heteroatoms. The van der Waals surface area contributed by atoms with Gasteiger partial charge in [0.25, 0.3) is 0 Å². The van der Waals surface area contributed by atoms with Gasteiger partial charge in [0.1, 0.15) is 0 Å². The van der Waals surface area contributed by atoms with Crippen LogP contribution in [0.5, 0.6) is 0 Å². The third kappa shape index (κ3) is 5.62. The molecule has 2 heterocycles. The predicted molar refractivity (Wildman–Crippen MR) is 127 cm³/mol. The second-order valence-electron chi connectivity index (χ2n) is 7.88. The van der Waals surface area contributed by atoms with Gasteiger partial charge >= 0.3 is 0 Å². The Bertz CT molecular complexity index is 1240. The van der Waals surface area contributed by atoms with Gasteiger partial charge in [0.15, 0.2) is 11.7 Å². The Hall–Kier alpha value is -2.72. The number of aryl methyl sites for hydroxylation is 1. The number of hydrogen-bond donors (Lipinski definition) is 1. The summed E-state index contributed by atoms with van der Waals surface area (Å²) in [6.45, 7) is 2.27. The lowest BCUT2D eigenvalue weighted by molar-refractivity contribution is -0.116. The fourth-order valence-corrected chi connectivity index (χ4v) is 5.26. The lowest BCUT2D eigenvalue weighted by atomic mass is 10.2. The van der Waals surface area contributed by atoms with Crippen molar-refractivity contribution in [1.82, 2.24) is 14.2 Å². The van der Waals surface area contributed by atoms with Crippen molar-refractivity contribution >= 4 is 33.2 Å². The van der Waals surface area contributed by atoms with Crippen molar-refractivity contribution in [1.29, 1.82) is 0 Å². The number of anilines is 1. The molecule has 1 aromatic heterocycles. The van der Waals surface area contributed by atoms with Crippen LogP contribution in [0.15, 0.2) is 64.0 Å². The molecule has 2 aromatic carbocycles. The van der Waals surface area contributed by atoms with E-state index in [-0.39, 0.29) is 17.2 Å². The second-order valence-corrected chi connectivity index (χ2v) is 10.2. The van der Waals surface area contributed by atoms with Crippen LogP contribution in [0.25, 0.3) is 11.3 Å². The highest BCUT2D eigenvalue weighted by atomic mass is 35.5. The number of halogens is 1. The number of oxazole rings is 1. The maximum absolute atomic E-state index is 13.0. The quantitative estimate of drug-likeness (QED) is 0.547. The van der Waals surface area contributed by atoms with Gasteiger partial charge in [0.05, 0.1) is 16.1 Å². The molecule has 0 aliphatic carbocycles. The van der Waals surface area contributed by atoms with E-state index in [1.165, 1.54) is 10.4 Å². The first-order valence-corrected chi connectivity index (χ1v) is 12.4. The van der Waals surface area contributed by atoms with Crippen LogP contribution in [-0.4, -0.2) is 61.7 Å². The van der Waals surface area contributed by atoms with Crippen molar-refractivity contribution in [2.75, 3.05) is 38.5 Å². The Morgan fingerprint density at radius 2 is 1.88 bits per heavy atom. The molecule has 0 saturated carbocycles. The Morgan fingerprint density at radius 1 is 1.12 bits per heavy atom. The molecule has 3 aromatic rings. The molecule has 1 amide bonds. The fourth-order valence-electron chi connectivity index (χ4n) is 3.57. The van der Waals surface area contributed by atoms with Gasteiger partial charge in [-0.15, -0.1) is 0 Å². The molecule has 33 heavy (non-hydrogen) atoms. The van der Waals surface area contributed by atoms with Gasteiger partial charge in [0.2, 0.25) is 15.9 Å². The summed E-state index contributed by atoms with van der Waals surface area (Å²) < 4.78 is 33.1. The Labute approximate surface area is 198 Å². The first-order valence-electron chi connectivity index (χ1n) is 10.6. The number of hydrogen-bond acceptors (Lipinski definition) is 6. The number of aromatic nitrogens is 1. The van der Waals surface area contributed by atoms with Crippen LogP contribution in [0.1, 0.15) is 12.3 Å². The smallest absolute Gasteiger partial charge is 0.243 e. The van der Waals surface area contributed by atoms with Gasteiger partial charge in [-0.25, -0.2) is 13.4 Å². The van der Waals surface area contributed by atoms with E-state index in [4.69, 9.17) is 16.0 Å². The van der Waals surface area contributed by atoms with Crippen LogP contribution in [0, 0.1) is 0 Å². The third-order valence-electron chi connectivity index (χ3n) is 5.48. The lowest BCUT2D eigenvalue weighted by Crippen LogP contribution is -2.47. The highest BCUT2D eigenvalue weighted by Crippen LogP contribution is 2.28. The van der Waals surface area contributed by atoms with Crippen LogP contribution in [0.3, 0.4) is 0 Å². The van der Waals surface area contributed by atoms with E-state index in [9.17, 15) is 13.2 Å². The summed E-state index contributed by atoms with van der Waals surface area (Å²) in [6.07, 6.45) is 2.02. The zero-order valence-electron chi connectivity index (χ0n) is 18.2. The highest BCUT2D eigenvalue weighted by molar-refractivity contribution is 7.89. The standard InChI is InChI=1S/C23H25ClN4O4S/c1-27-11-13-28(14-12-27)33(30,31)18-6-4-5-17(15-18)26-22(29)9-10-23-25-16-21(32-23)19-7-2-3-8-20(19)24/h2-8,15-16H,9-14H2,1H3,(H,26,29). The van der Waals surface area contributed by atoms with Crippen molar-refractivity contribution in [3.8, 4) is 11.3 Å². The normalized spacial score (nSPS) is 15.5. The van der Waals surface area contributed by atoms with Crippen molar-refractivity contribution in [2.24, 2.45) is 0 Å². The molecule has 8 nitrogen and oxygen atoms in total. The number of amides is 1. The van der Waals surface area contributed by atoms with Gasteiger partial charge in [-0.1, -0.05) is 29.8 Å². The van der Waals surface area contributed by atoms with E-state index in [1.54, 1.807) is 30.5 Å². The summed E-state index contributed by atoms with van der Waals surface area (Å²) in [5.41, 5.74) is 1.17. The van der Waals surface area contributed by atoms with E-state index in [0.717, 1.165) is 5.56 Å². The van der Waals surface area contributed by atoms with E-state index >= 15 is 0 Å². The molecule has 1 aliphatic heterocycles. The molecular weight excluding hydrogens is 464 g/mol. The molecule has 174 valence electrons. The van der Waals surface area contributed by atoms with E-state index in [0.29, 0.717) is 55.0 Å². The van der Waals surface area contributed by atoms with Gasteiger partial charge in [-0.2, -0.15) is 4.31 Å². The maximum atomic E-state index is 13.0. The highest BCUT2D eigenvalue weighted by Gasteiger charge is 2.27. The van der Waals surface area contributed by atoms with E-state index < -0.39 is 10.0 Å². The minimum Gasteiger partial charge on any atom is -0.441 e. The van der Waals surface area contributed by atoms with Crippen LogP contribution >= 0.6 is 11.6 Å². The molecule has 0 spiro atoms. The molecule has 1 N–H and O–H groups in total. The average Bonchev–Trinajstić information content (AvgIpc) is 3.27. The number of piperazine rings is 1. The number of rotatable bonds is 7. The SMILES string of the molecule is CN1CCN(S(=O)(=O)c2cccc(NC(=O)CCc3ncc(-c4ccccc4Cl)o3)c2)CC1. The van der Waals surface area contributed by atoms with Crippen molar-refractivity contribution in [3.05, 3.63) is 65.6 Å². The largest absolute Gasteiger partial charge is 0.441 e. The Balaban J connectivity index is 1.36. The summed E-state index contributed by atoms with van der Waals surface area (Å²) in [6, 6.07) is 13.6. The Kier molecular flexibility index (Phi) is 7.14. The zero-order valence-corrected chi connectivity index (χ0v) is 19.8. The number of sulfonamides is 1. The summed E-state index contributed by atoms with van der Waals surface area (Å²) in [5, 5.41) is 3.32. The first-order chi connectivity index (χ1) is 15.8. The molecule has 0 atom stereocenters. The maximum Gasteiger partial charge on any atom is 0.243 e. The van der Waals surface area contributed by atoms with Crippen LogP contribution in [0.4, 0.5) is 5.69 Å². The molecule has 0 bridgehead atoms. The summed E-state index contributed by atoms with van der Waals surface area (Å²) in [5.74, 6) is 0.700. The lowest BCUT2D eigenvalue weighted by Gasteiger charge is -2.31. The number of nitrogens with one attached hydrogen (secondary N) is 1. The average molecular weight is 489 g/mol. The van der Waals surface area contributed by atoms with Crippen LogP contribution < -0.4 is 5.32 Å². The fraction of sp³-hybridized carbons (Fsp3) is 0.304. The van der Waals surface area contributed by atoms with Crippen molar-refractivity contribution < 1.29 is 17.6 Å². The zero-order chi connectivity index (χ0) is 23.4. The Morgan fingerprint density at radius 3 is 2.64 bits per heavy atom. The molecule has 0 radical (unpaired) electrons. The minimum absolute atomic E-state index is 0.137. The predicted octanol–water partition coefficient (Wildman–Crippen LogP) is 3.50. The van der Waals surface area contributed by atoms with Gasteiger partial charge in [-0.3, -0.25) is 4.79 Å². The monoisotopic (exact) mass is 488 g/mol. The number of benzene rings is 2. The number of nitrogens with zero attached hydrogens (tertiary/aromatic N) is 3. The summed E-state index contributed by atoms with van der Waals surface area (Å²) in [4.78, 5) is 18.9. The molecule has 1 fully saturated rings. The first kappa shape index (κ1) is 23.4. The van der Waals surface area contributed by atoms with Crippen LogP contribution in [0.2, 0.25) is 5.02 Å². The van der Waals surface area contributed by atoms with Crippen LogP contribution in [-0.2, 0) is 21.2 Å². The molecule has 4 rings (SSSR count). The van der Waals surface area contributed by atoms with E-state index in [2.05, 4.69) is 15.2 Å². The molecular formula is C23H25ClN4O4S. The van der Waals surface area contributed by atoms with Gasteiger partial charge in [0, 0.05) is 50.3 Å². The van der Waals surface area contributed by atoms with Crippen molar-refractivity contribution in [3.63, 3.8) is 0 Å². The molecule has 1 aliphatic rings. The third-order valence-corrected chi connectivity index (χ3v) is 7.70. The summed E-state index contributed by atoms with van der Waals surface area (Å²) >= 11 is 6.19. The number of likely N-dealkylation sites (N-methyl/N-ethyl adjacent to an activating group) is 1. The summed E-state index contributed by atoms with van der Waals surface area (Å²) in [7, 11) is -1.64. The molecule has 1 saturated heterocycles.